The SMILES string of the molecule is CC(C)(C)S(=O)(=O)CCOC1CCC(CO)CC1. The zero-order chi connectivity index (χ0) is 13.8. The number of sulfone groups is 1. The van der Waals surface area contributed by atoms with Gasteiger partial charge in [-0.25, -0.2) is 8.42 Å². The van der Waals surface area contributed by atoms with Gasteiger partial charge in [0.05, 0.1) is 23.2 Å². The average Bonchev–Trinajstić information content (AvgIpc) is 2.28. The fraction of sp³-hybridized carbons (Fsp3) is 1.00. The number of ether oxygens (including phenoxy) is 1. The van der Waals surface area contributed by atoms with Gasteiger partial charge in [-0.05, 0) is 52.4 Å². The molecular formula is C13H26O4S. The van der Waals surface area contributed by atoms with Gasteiger partial charge in [-0.2, -0.15) is 0 Å². The van der Waals surface area contributed by atoms with Crippen LogP contribution < -0.4 is 0 Å². The van der Waals surface area contributed by atoms with Gasteiger partial charge in [-0.1, -0.05) is 0 Å². The molecule has 1 aliphatic carbocycles. The quantitative estimate of drug-likeness (QED) is 0.832. The summed E-state index contributed by atoms with van der Waals surface area (Å²) in [5.41, 5.74) is 0. The van der Waals surface area contributed by atoms with Gasteiger partial charge in [0.1, 0.15) is 0 Å². The first-order chi connectivity index (χ1) is 8.26. The first-order valence-corrected chi connectivity index (χ1v) is 8.36. The van der Waals surface area contributed by atoms with Crippen LogP contribution in [0, 0.1) is 5.92 Å². The summed E-state index contributed by atoms with van der Waals surface area (Å²) in [5, 5.41) is 9.03. The molecule has 1 fully saturated rings. The highest BCUT2D eigenvalue weighted by atomic mass is 32.2. The number of hydrogen-bond acceptors (Lipinski definition) is 4. The maximum absolute atomic E-state index is 11.9. The molecule has 0 radical (unpaired) electrons. The molecule has 0 aliphatic heterocycles. The average molecular weight is 278 g/mol. The summed E-state index contributed by atoms with van der Waals surface area (Å²) in [6.45, 7) is 5.69. The minimum absolute atomic E-state index is 0.0937. The van der Waals surface area contributed by atoms with Crippen LogP contribution in [0.1, 0.15) is 46.5 Å². The minimum atomic E-state index is -3.08. The molecule has 0 heterocycles. The van der Waals surface area contributed by atoms with Crippen LogP contribution in [0.15, 0.2) is 0 Å². The Hall–Kier alpha value is -0.130. The molecule has 1 saturated carbocycles. The van der Waals surface area contributed by atoms with Gasteiger partial charge in [0.2, 0.25) is 0 Å². The lowest BCUT2D eigenvalue weighted by Crippen LogP contribution is -2.33. The van der Waals surface area contributed by atoms with E-state index in [-0.39, 0.29) is 25.1 Å². The van der Waals surface area contributed by atoms with E-state index in [1.807, 2.05) is 0 Å². The van der Waals surface area contributed by atoms with Crippen molar-refractivity contribution in [3.8, 4) is 0 Å². The van der Waals surface area contributed by atoms with Gasteiger partial charge < -0.3 is 9.84 Å². The van der Waals surface area contributed by atoms with Crippen molar-refractivity contribution in [3.63, 3.8) is 0 Å². The van der Waals surface area contributed by atoms with Crippen molar-refractivity contribution in [2.24, 2.45) is 5.92 Å². The summed E-state index contributed by atoms with van der Waals surface area (Å²) < 4.78 is 28.7. The van der Waals surface area contributed by atoms with Crippen molar-refractivity contribution in [2.45, 2.75) is 57.3 Å². The van der Waals surface area contributed by atoms with Crippen LogP contribution in [0.3, 0.4) is 0 Å². The lowest BCUT2D eigenvalue weighted by Gasteiger charge is -2.27. The van der Waals surface area contributed by atoms with E-state index in [2.05, 4.69) is 0 Å². The Bertz CT molecular complexity index is 334. The third-order valence-corrected chi connectivity index (χ3v) is 6.26. The second-order valence-corrected chi connectivity index (χ2v) is 8.99. The Labute approximate surface area is 111 Å². The van der Waals surface area contributed by atoms with Crippen LogP contribution in [-0.2, 0) is 14.6 Å². The van der Waals surface area contributed by atoms with Gasteiger partial charge in [0.15, 0.2) is 9.84 Å². The maximum Gasteiger partial charge on any atom is 0.157 e. The van der Waals surface area contributed by atoms with Crippen molar-refractivity contribution >= 4 is 9.84 Å². The lowest BCUT2D eigenvalue weighted by molar-refractivity contribution is 0.0191. The smallest absolute Gasteiger partial charge is 0.157 e. The molecule has 0 spiro atoms. The highest BCUT2D eigenvalue weighted by Crippen LogP contribution is 2.26. The zero-order valence-electron chi connectivity index (χ0n) is 11.7. The van der Waals surface area contributed by atoms with Gasteiger partial charge in [-0.3, -0.25) is 0 Å². The van der Waals surface area contributed by atoms with Gasteiger partial charge >= 0.3 is 0 Å². The fourth-order valence-electron chi connectivity index (χ4n) is 2.11. The summed E-state index contributed by atoms with van der Waals surface area (Å²) in [4.78, 5) is 0. The summed E-state index contributed by atoms with van der Waals surface area (Å²) >= 11 is 0. The van der Waals surface area contributed by atoms with E-state index in [0.29, 0.717) is 5.92 Å². The van der Waals surface area contributed by atoms with Crippen LogP contribution in [0.4, 0.5) is 0 Å². The predicted octanol–water partition coefficient (Wildman–Crippen LogP) is 1.77. The predicted molar refractivity (Wildman–Crippen MR) is 72.3 cm³/mol. The van der Waals surface area contributed by atoms with E-state index >= 15 is 0 Å². The van der Waals surface area contributed by atoms with E-state index in [9.17, 15) is 8.42 Å². The monoisotopic (exact) mass is 278 g/mol. The van der Waals surface area contributed by atoms with E-state index in [1.165, 1.54) is 0 Å². The molecule has 1 aliphatic rings. The lowest BCUT2D eigenvalue weighted by atomic mass is 9.88. The molecule has 0 unspecified atom stereocenters. The molecule has 5 heteroatoms. The molecule has 1 rings (SSSR count). The summed E-state index contributed by atoms with van der Waals surface area (Å²) in [6.07, 6.45) is 3.99. The second-order valence-electron chi connectivity index (χ2n) is 6.13. The highest BCUT2D eigenvalue weighted by molar-refractivity contribution is 7.92. The van der Waals surface area contributed by atoms with Crippen LogP contribution in [0.2, 0.25) is 0 Å². The van der Waals surface area contributed by atoms with Crippen LogP contribution in [-0.4, -0.2) is 43.3 Å². The number of aliphatic hydroxyl groups excluding tert-OH is 1. The second kappa shape index (κ2) is 6.35. The first kappa shape index (κ1) is 15.9. The van der Waals surface area contributed by atoms with Crippen LogP contribution in [0.25, 0.3) is 0 Å². The van der Waals surface area contributed by atoms with Crippen LogP contribution >= 0.6 is 0 Å². The molecule has 18 heavy (non-hydrogen) atoms. The van der Waals surface area contributed by atoms with Gasteiger partial charge in [0, 0.05) is 6.61 Å². The summed E-state index contributed by atoms with van der Waals surface area (Å²) in [7, 11) is -3.08. The highest BCUT2D eigenvalue weighted by Gasteiger charge is 2.29. The molecule has 0 saturated heterocycles. The van der Waals surface area contributed by atoms with E-state index < -0.39 is 14.6 Å². The molecule has 108 valence electrons. The number of hydrogen-bond donors (Lipinski definition) is 1. The standard InChI is InChI=1S/C13H26O4S/c1-13(2,3)18(15,16)9-8-17-12-6-4-11(10-14)5-7-12/h11-12,14H,4-10H2,1-3H3. The van der Waals surface area contributed by atoms with Gasteiger partial charge in [-0.15, -0.1) is 0 Å². The fourth-order valence-corrected chi connectivity index (χ4v) is 3.04. The van der Waals surface area contributed by atoms with Crippen molar-refractivity contribution in [3.05, 3.63) is 0 Å². The topological polar surface area (TPSA) is 63.6 Å². The van der Waals surface area contributed by atoms with E-state index in [4.69, 9.17) is 9.84 Å². The maximum atomic E-state index is 11.9. The molecule has 1 N–H and O–H groups in total. The minimum Gasteiger partial charge on any atom is -0.396 e. The molecule has 0 aromatic heterocycles. The Balaban J connectivity index is 2.27. The third-order valence-electron chi connectivity index (χ3n) is 3.69. The largest absolute Gasteiger partial charge is 0.396 e. The summed E-state index contributed by atoms with van der Waals surface area (Å²) in [6, 6.07) is 0. The van der Waals surface area contributed by atoms with Crippen LogP contribution in [0.5, 0.6) is 0 Å². The third kappa shape index (κ3) is 4.52. The Morgan fingerprint density at radius 2 is 1.72 bits per heavy atom. The van der Waals surface area contributed by atoms with Crippen molar-refractivity contribution in [2.75, 3.05) is 19.0 Å². The first-order valence-electron chi connectivity index (χ1n) is 6.71. The van der Waals surface area contributed by atoms with Crippen molar-refractivity contribution < 1.29 is 18.3 Å². The van der Waals surface area contributed by atoms with E-state index in [0.717, 1.165) is 25.7 Å². The normalized spacial score (nSPS) is 26.2. The molecule has 0 bridgehead atoms. The number of rotatable bonds is 5. The Morgan fingerprint density at radius 1 is 1.17 bits per heavy atom. The Morgan fingerprint density at radius 3 is 2.17 bits per heavy atom. The Kier molecular flexibility index (Phi) is 5.62. The molecule has 0 atom stereocenters. The molecule has 0 amide bonds. The van der Waals surface area contributed by atoms with Crippen molar-refractivity contribution in [1.29, 1.82) is 0 Å². The molecule has 0 aromatic rings. The zero-order valence-corrected chi connectivity index (χ0v) is 12.5. The number of aliphatic hydroxyl groups is 1. The summed E-state index contributed by atoms with van der Waals surface area (Å²) in [5.74, 6) is 0.499. The van der Waals surface area contributed by atoms with Crippen molar-refractivity contribution in [1.82, 2.24) is 0 Å². The van der Waals surface area contributed by atoms with Gasteiger partial charge in [0.25, 0.3) is 0 Å². The molecular weight excluding hydrogens is 252 g/mol. The van der Waals surface area contributed by atoms with E-state index in [1.54, 1.807) is 20.8 Å². The molecule has 0 aromatic carbocycles. The molecule has 4 nitrogen and oxygen atoms in total.